The molecule has 4 aliphatic heterocycles. The summed E-state index contributed by atoms with van der Waals surface area (Å²) in [5.41, 5.74) is 7.12. The van der Waals surface area contributed by atoms with Crippen LogP contribution in [0.2, 0.25) is 0 Å². The lowest BCUT2D eigenvalue weighted by molar-refractivity contribution is -0.337. The van der Waals surface area contributed by atoms with Crippen molar-refractivity contribution < 1.29 is 130 Å². The number of nitrogens with two attached hydrogens (primary N) is 1. The Morgan fingerprint density at radius 1 is 0.769 bits per heavy atom. The minimum Gasteiger partial charge on any atom is -0.492 e. The van der Waals surface area contributed by atoms with Gasteiger partial charge in [-0.25, -0.2) is 0 Å². The lowest BCUT2D eigenvalue weighted by Crippen LogP contribution is -2.65. The molecule has 19 atom stereocenters. The predicted molar refractivity (Wildman–Crippen MR) is 409 cm³/mol. The maximum absolute atomic E-state index is 14.6. The number of ketones is 1. The molecule has 1 aromatic carbocycles. The summed E-state index contributed by atoms with van der Waals surface area (Å²) in [4.78, 5) is 50.8. The second-order valence-corrected chi connectivity index (χ2v) is 32.5. The normalized spacial score (nSPS) is 30.9. The SMILES string of the molecule is CCN(CCCOCCOCCOCCOCCOCCOCCN)[C@H]1CO[C@@H](O[C@H]2[C@H](O[C@H]3C#C/C=C\C#C[C@]4(O)CC(=O)C(CC(=O)OC)=C3/C4=C\CSSC(C)(C)C)O[C@H](C)[C@@H](NO[C@H]3C[C@H](O)[C@H](SC(=O)c4c(C)c(I)c(O[C@@H]5O[C@@H](C)[C@H](O)[C@@H](OC)[C@H]5O)c(OC)c4OC)[C@@H](C)O3)[C@@H]2O)C[C@@H]1OC. The molecule has 0 unspecified atom stereocenters. The number of hydroxylamine groups is 1. The average Bonchev–Trinajstić information content (AvgIpc) is 0.745. The summed E-state index contributed by atoms with van der Waals surface area (Å²) in [7, 11) is 10.0. The molecule has 0 radical (unpaired) electrons. The van der Waals surface area contributed by atoms with E-state index >= 15 is 0 Å². The van der Waals surface area contributed by atoms with Crippen LogP contribution in [-0.4, -0.2) is 314 Å². The van der Waals surface area contributed by atoms with Gasteiger partial charge in [-0.1, -0.05) is 90.8 Å². The molecule has 30 nitrogen and oxygen atoms in total. The number of aliphatic hydroxyl groups is 5. The van der Waals surface area contributed by atoms with Crippen LogP contribution >= 0.6 is 55.9 Å². The second kappa shape index (κ2) is 46.2. The van der Waals surface area contributed by atoms with Crippen LogP contribution in [0.4, 0.5) is 0 Å². The van der Waals surface area contributed by atoms with E-state index in [4.69, 9.17) is 95.8 Å². The zero-order valence-electron chi connectivity index (χ0n) is 64.0. The van der Waals surface area contributed by atoms with Gasteiger partial charge in [0.05, 0.1) is 170 Å². The molecule has 108 heavy (non-hydrogen) atoms. The van der Waals surface area contributed by atoms with Crippen molar-refractivity contribution in [1.29, 1.82) is 0 Å². The zero-order valence-corrected chi connectivity index (χ0v) is 68.6. The first-order chi connectivity index (χ1) is 51.8. The van der Waals surface area contributed by atoms with E-state index in [2.05, 4.69) is 54.8 Å². The largest absolute Gasteiger partial charge is 0.492 e. The first-order valence-electron chi connectivity index (χ1n) is 36.3. The van der Waals surface area contributed by atoms with Crippen LogP contribution in [0.25, 0.3) is 0 Å². The van der Waals surface area contributed by atoms with Crippen molar-refractivity contribution in [3.8, 4) is 40.9 Å². The number of carbonyl (C=O) groups is 3. The fraction of sp³-hybridized carbons (Fsp3) is 0.743. The van der Waals surface area contributed by atoms with Gasteiger partial charge in [0.1, 0.15) is 36.6 Å². The quantitative estimate of drug-likeness (QED) is 0.0121. The summed E-state index contributed by atoms with van der Waals surface area (Å²) in [5, 5.41) is 57.8. The third kappa shape index (κ3) is 26.1. The van der Waals surface area contributed by atoms with Crippen LogP contribution in [0, 0.1) is 34.2 Å². The van der Waals surface area contributed by atoms with Crippen LogP contribution in [-0.2, 0) is 85.5 Å². The van der Waals surface area contributed by atoms with Crippen LogP contribution < -0.4 is 25.4 Å². The highest BCUT2D eigenvalue weighted by Gasteiger charge is 2.52. The Labute approximate surface area is 659 Å². The minimum absolute atomic E-state index is 0.0154. The predicted octanol–water partition coefficient (Wildman–Crippen LogP) is 4.13. The van der Waals surface area contributed by atoms with Crippen LogP contribution in [0.1, 0.15) is 96.5 Å². The Morgan fingerprint density at radius 2 is 1.40 bits per heavy atom. The molecule has 0 aromatic heterocycles. The molecule has 6 aliphatic rings. The molecular weight excluding hydrogens is 1590 g/mol. The van der Waals surface area contributed by atoms with E-state index in [-0.39, 0.29) is 69.8 Å². The summed E-state index contributed by atoms with van der Waals surface area (Å²) >= 11 is 2.83. The molecule has 34 heteroatoms. The molecule has 2 bridgehead atoms. The van der Waals surface area contributed by atoms with E-state index in [0.29, 0.717) is 120 Å². The minimum atomic E-state index is -2.06. The number of methoxy groups -OCH3 is 5. The Morgan fingerprint density at radius 3 is 1.99 bits per heavy atom. The summed E-state index contributed by atoms with van der Waals surface area (Å²) in [6, 6.07) is -1.35. The number of thioether (sulfide) groups is 1. The molecule has 2 aliphatic carbocycles. The Balaban J connectivity index is 1.05. The standard InChI is InChI=1S/C74H112IN3O27S3/c1-14-78(24-19-25-92-27-29-94-31-33-96-35-36-97-34-32-95-30-28-93-26-23-76)49-42-98-55(40-53(49)87-9)103-67-62(83)60(44(3)100-72(67)102-52-20-17-15-16-18-22-74(86)41-51(80)47(38-54(81)88-10)58(52)48(74)21-37-106-108-73(6,7)8)77-105-56-39-50(79)69(46(5)99-56)107-70(85)57-43(2)59(75)65(68(91-13)64(57)89-11)104-71-63(84)66(90-12)61(82)45(4)101-71/h15-16,21,44-46,49-50,52-53,55-56,60-63,66-67,69,71-72,77,79,82-84,86H,14,19,23-42,76H2,1-13H3/b16-15-,48-21+/t44-,45+,46-,49+,50+,52+,53+,55+,56+,60-,61+,62+,63-,66-,67-,69-,71+,72+,74+/m1/s1. The highest BCUT2D eigenvalue weighted by molar-refractivity contribution is 14.1. The molecule has 4 heterocycles. The monoisotopic (exact) mass is 1700 g/mol. The van der Waals surface area contributed by atoms with Crippen LogP contribution in [0.5, 0.6) is 17.2 Å². The van der Waals surface area contributed by atoms with Crippen molar-refractivity contribution in [2.75, 3.05) is 147 Å². The number of aliphatic hydroxyl groups excluding tert-OH is 4. The number of esters is 1. The van der Waals surface area contributed by atoms with E-state index in [1.807, 2.05) is 29.5 Å². The number of benzene rings is 1. The van der Waals surface area contributed by atoms with Crippen molar-refractivity contribution in [1.82, 2.24) is 10.4 Å². The van der Waals surface area contributed by atoms with Crippen LogP contribution in [0.15, 0.2) is 34.9 Å². The maximum Gasteiger partial charge on any atom is 0.310 e. The highest BCUT2D eigenvalue weighted by Crippen LogP contribution is 2.49. The topological polar surface area (TPSA) is 369 Å². The maximum atomic E-state index is 14.6. The van der Waals surface area contributed by atoms with Gasteiger partial charge in [0.25, 0.3) is 0 Å². The molecule has 4 saturated heterocycles. The lowest BCUT2D eigenvalue weighted by Gasteiger charge is -2.47. The number of rotatable bonds is 43. The number of fused-ring (bicyclic) bond motifs is 2. The number of carbonyl (C=O) groups excluding carboxylic acids is 3. The number of ether oxygens (including phenoxy) is 18. The van der Waals surface area contributed by atoms with Crippen molar-refractivity contribution in [3.63, 3.8) is 0 Å². The molecule has 0 amide bonds. The van der Waals surface area contributed by atoms with E-state index in [0.717, 1.165) is 11.8 Å². The third-order valence-electron chi connectivity index (χ3n) is 18.4. The van der Waals surface area contributed by atoms with Gasteiger partial charge in [-0.3, -0.25) is 24.1 Å². The first kappa shape index (κ1) is 91.8. The molecule has 0 saturated carbocycles. The molecule has 0 spiro atoms. The van der Waals surface area contributed by atoms with E-state index in [1.165, 1.54) is 51.4 Å². The number of Topliss-reactive ketones (excluding diaryl/α,β-unsaturated/α-hetero) is 1. The van der Waals surface area contributed by atoms with E-state index in [1.54, 1.807) is 51.7 Å². The number of likely N-dealkylation sites (N-methyl/N-ethyl adjacent to an activating group) is 1. The lowest BCUT2D eigenvalue weighted by atomic mass is 9.72. The van der Waals surface area contributed by atoms with Crippen molar-refractivity contribution in [3.05, 3.63) is 49.6 Å². The molecule has 610 valence electrons. The average molecular weight is 1700 g/mol. The number of hydrogen-bond acceptors (Lipinski definition) is 33. The molecule has 1 aromatic rings. The Bertz CT molecular complexity index is 3230. The van der Waals surface area contributed by atoms with E-state index < -0.39 is 139 Å². The van der Waals surface area contributed by atoms with Crippen LogP contribution in [0.3, 0.4) is 0 Å². The van der Waals surface area contributed by atoms with Gasteiger partial charge < -0.3 is 117 Å². The molecule has 8 N–H and O–H groups in total. The van der Waals surface area contributed by atoms with Crippen molar-refractivity contribution in [2.45, 2.75) is 207 Å². The zero-order chi connectivity index (χ0) is 78.7. The summed E-state index contributed by atoms with van der Waals surface area (Å²) in [6.45, 7) is 22.3. The summed E-state index contributed by atoms with van der Waals surface area (Å²) in [5.74, 6) is 10.9. The van der Waals surface area contributed by atoms with E-state index in [9.17, 15) is 39.9 Å². The van der Waals surface area contributed by atoms with Gasteiger partial charge in [0, 0.05) is 74.0 Å². The number of nitrogens with one attached hydrogen (secondary N) is 1. The van der Waals surface area contributed by atoms with Gasteiger partial charge in [-0.05, 0) is 81.0 Å². The summed E-state index contributed by atoms with van der Waals surface area (Å²) in [6.07, 6.45) is -12.9. The second-order valence-electron chi connectivity index (χ2n) is 27.1. The van der Waals surface area contributed by atoms with Gasteiger partial charge >= 0.3 is 5.97 Å². The van der Waals surface area contributed by atoms with Crippen molar-refractivity contribution >= 4 is 72.8 Å². The fourth-order valence-electron chi connectivity index (χ4n) is 12.9. The first-order valence-corrected chi connectivity index (χ1v) is 40.6. The summed E-state index contributed by atoms with van der Waals surface area (Å²) < 4.78 is 108. The number of hydrogen-bond donors (Lipinski definition) is 7. The highest BCUT2D eigenvalue weighted by atomic mass is 127. The van der Waals surface area contributed by atoms with Gasteiger partial charge in [0.2, 0.25) is 17.2 Å². The number of allylic oxidation sites excluding steroid dienone is 2. The van der Waals surface area contributed by atoms with Gasteiger partial charge in [-0.2, -0.15) is 5.48 Å². The third-order valence-corrected chi connectivity index (χ3v) is 24.3. The van der Waals surface area contributed by atoms with Crippen molar-refractivity contribution in [2.24, 2.45) is 5.73 Å². The number of halogens is 1. The van der Waals surface area contributed by atoms with Gasteiger partial charge in [-0.15, -0.1) is 0 Å². The Hall–Kier alpha value is -3.37. The molecule has 7 rings (SSSR count). The Kier molecular flexibility index (Phi) is 39.3. The number of nitrogens with zero attached hydrogens (tertiary/aromatic N) is 1. The smallest absolute Gasteiger partial charge is 0.310 e. The molecule has 4 fully saturated rings. The molecular formula is C74H112IN3O27S3. The fourth-order valence-corrected chi connectivity index (χ4v) is 16.8. The van der Waals surface area contributed by atoms with Gasteiger partial charge in [0.15, 0.2) is 41.8 Å².